The Morgan fingerprint density at radius 2 is 1.97 bits per heavy atom. The van der Waals surface area contributed by atoms with Crippen LogP contribution in [0.5, 0.6) is 0 Å². The van der Waals surface area contributed by atoms with Gasteiger partial charge in [0.15, 0.2) is 5.57 Å². The number of aliphatic hydroxyl groups excluding tert-OH is 2. The van der Waals surface area contributed by atoms with E-state index in [1.807, 2.05) is 31.2 Å². The van der Waals surface area contributed by atoms with Crippen molar-refractivity contribution in [2.45, 2.75) is 32.4 Å². The molecule has 2 aromatic carbocycles. The van der Waals surface area contributed by atoms with Crippen LogP contribution in [0.15, 0.2) is 59.9 Å². The number of carbonyl (C=O) groups is 2. The molecule has 0 saturated heterocycles. The number of carbonyl (C=O) groups excluding carboxylic acids is 2. The highest BCUT2D eigenvalue weighted by Crippen LogP contribution is 2.26. The third kappa shape index (κ3) is 5.68. The topological polar surface area (TPSA) is 99.1 Å². The second kappa shape index (κ2) is 10.6. The highest BCUT2D eigenvalue weighted by molar-refractivity contribution is 6.30. The quantitative estimate of drug-likeness (QED) is 0.394. The molecule has 0 radical (unpaired) electrons. The van der Waals surface area contributed by atoms with Crippen LogP contribution in [-0.4, -0.2) is 47.8 Å². The van der Waals surface area contributed by atoms with Gasteiger partial charge in [-0.15, -0.1) is 0 Å². The number of halogens is 1. The van der Waals surface area contributed by atoms with Crippen molar-refractivity contribution in [1.29, 1.82) is 0 Å². The first-order valence-corrected chi connectivity index (χ1v) is 10.8. The molecule has 2 atom stereocenters. The van der Waals surface area contributed by atoms with Crippen LogP contribution in [0, 0.1) is 0 Å². The third-order valence-electron chi connectivity index (χ3n) is 5.22. The first-order valence-electron chi connectivity index (χ1n) is 10.5. The Morgan fingerprint density at radius 3 is 2.62 bits per heavy atom. The van der Waals surface area contributed by atoms with Gasteiger partial charge in [-0.1, -0.05) is 35.9 Å². The molecular weight excluding hydrogens is 432 g/mol. The summed E-state index contributed by atoms with van der Waals surface area (Å²) < 4.78 is 4.85. The number of rotatable bonds is 9. The van der Waals surface area contributed by atoms with Gasteiger partial charge in [-0.25, -0.2) is 4.79 Å². The lowest BCUT2D eigenvalue weighted by Gasteiger charge is -2.19. The van der Waals surface area contributed by atoms with Crippen LogP contribution in [0.2, 0.25) is 5.02 Å². The monoisotopic (exact) mass is 458 g/mol. The van der Waals surface area contributed by atoms with Gasteiger partial charge in [0, 0.05) is 23.3 Å². The fourth-order valence-corrected chi connectivity index (χ4v) is 3.76. The largest absolute Gasteiger partial charge is 0.509 e. The molecular formula is C24H27ClN2O5. The van der Waals surface area contributed by atoms with Gasteiger partial charge in [0.2, 0.25) is 0 Å². The number of esters is 1. The predicted octanol–water partition coefficient (Wildman–Crippen LogP) is 3.32. The van der Waals surface area contributed by atoms with Crippen molar-refractivity contribution < 1.29 is 24.5 Å². The molecule has 1 aliphatic rings. The summed E-state index contributed by atoms with van der Waals surface area (Å²) in [4.78, 5) is 25.8. The predicted molar refractivity (Wildman–Crippen MR) is 123 cm³/mol. The van der Waals surface area contributed by atoms with E-state index in [0.717, 1.165) is 11.1 Å². The van der Waals surface area contributed by atoms with Gasteiger partial charge >= 0.3 is 5.97 Å². The van der Waals surface area contributed by atoms with E-state index in [0.29, 0.717) is 23.7 Å². The number of nitrogens with zero attached hydrogens (tertiary/aromatic N) is 1. The van der Waals surface area contributed by atoms with E-state index < -0.39 is 18.0 Å². The fourth-order valence-electron chi connectivity index (χ4n) is 3.56. The average Bonchev–Trinajstić information content (AvgIpc) is 3.06. The van der Waals surface area contributed by atoms with Gasteiger partial charge in [0.1, 0.15) is 5.76 Å². The molecule has 2 unspecified atom stereocenters. The second-order valence-electron chi connectivity index (χ2n) is 7.68. The molecule has 3 rings (SSSR count). The van der Waals surface area contributed by atoms with Crippen molar-refractivity contribution in [1.82, 2.24) is 5.32 Å². The van der Waals surface area contributed by atoms with Gasteiger partial charge in [-0.3, -0.25) is 4.79 Å². The third-order valence-corrected chi connectivity index (χ3v) is 5.45. The van der Waals surface area contributed by atoms with Crippen molar-refractivity contribution in [3.63, 3.8) is 0 Å². The van der Waals surface area contributed by atoms with Crippen molar-refractivity contribution >= 4 is 29.2 Å². The van der Waals surface area contributed by atoms with E-state index >= 15 is 0 Å². The van der Waals surface area contributed by atoms with E-state index in [1.54, 1.807) is 31.2 Å². The smallest absolute Gasteiger partial charge is 0.347 e. The fraction of sp³-hybridized carbons (Fsp3) is 0.333. The molecule has 32 heavy (non-hydrogen) atoms. The Balaban J connectivity index is 1.54. The van der Waals surface area contributed by atoms with Crippen molar-refractivity contribution in [3.05, 3.63) is 76.0 Å². The van der Waals surface area contributed by atoms with Crippen molar-refractivity contribution in [2.75, 3.05) is 24.6 Å². The van der Waals surface area contributed by atoms with E-state index in [2.05, 4.69) is 5.32 Å². The van der Waals surface area contributed by atoms with Gasteiger partial charge in [0.05, 0.1) is 19.3 Å². The number of ether oxygens (including phenoxy) is 1. The summed E-state index contributed by atoms with van der Waals surface area (Å²) in [7, 11) is 0. The molecule has 0 aliphatic carbocycles. The van der Waals surface area contributed by atoms with Crippen LogP contribution in [0.4, 0.5) is 5.69 Å². The number of aliphatic hydroxyl groups is 2. The molecule has 0 spiro atoms. The molecule has 0 aromatic heterocycles. The van der Waals surface area contributed by atoms with E-state index in [1.165, 1.54) is 4.90 Å². The highest BCUT2D eigenvalue weighted by Gasteiger charge is 2.36. The summed E-state index contributed by atoms with van der Waals surface area (Å²) >= 11 is 5.98. The number of anilines is 1. The van der Waals surface area contributed by atoms with Crippen LogP contribution in [-0.2, 0) is 20.7 Å². The van der Waals surface area contributed by atoms with Crippen molar-refractivity contribution in [3.8, 4) is 0 Å². The summed E-state index contributed by atoms with van der Waals surface area (Å²) in [6.07, 6.45) is 0.0575. The minimum Gasteiger partial charge on any atom is -0.509 e. The van der Waals surface area contributed by atoms with Crippen LogP contribution in [0.3, 0.4) is 0 Å². The maximum absolute atomic E-state index is 12.5. The highest BCUT2D eigenvalue weighted by atomic mass is 35.5. The average molecular weight is 459 g/mol. The summed E-state index contributed by atoms with van der Waals surface area (Å²) in [6, 6.07) is 14.6. The second-order valence-corrected chi connectivity index (χ2v) is 8.12. The van der Waals surface area contributed by atoms with Gasteiger partial charge in [0.25, 0.3) is 5.91 Å². The molecule has 0 saturated carbocycles. The van der Waals surface area contributed by atoms with Crippen molar-refractivity contribution in [2.24, 2.45) is 0 Å². The standard InChI is InChI=1S/C24H27ClN2O5/c1-3-32-24(31)22-21(29)14-27(23(22)30)19-9-7-16(8-10-19)11-15(2)26-13-20(28)17-5-4-6-18(25)12-17/h4-10,12,15,20,26,28-29H,3,11,13-14H2,1-2H3. The van der Waals surface area contributed by atoms with E-state index in [9.17, 15) is 19.8 Å². The van der Waals surface area contributed by atoms with Gasteiger partial charge < -0.3 is 25.2 Å². The Bertz CT molecular complexity index is 1010. The van der Waals surface area contributed by atoms with Crippen LogP contribution >= 0.6 is 11.6 Å². The van der Waals surface area contributed by atoms with Crippen LogP contribution in [0.25, 0.3) is 0 Å². The molecule has 0 bridgehead atoms. The summed E-state index contributed by atoms with van der Waals surface area (Å²) in [5, 5.41) is 24.3. The Morgan fingerprint density at radius 1 is 1.25 bits per heavy atom. The first kappa shape index (κ1) is 23.8. The van der Waals surface area contributed by atoms with Crippen LogP contribution < -0.4 is 10.2 Å². The number of nitrogens with one attached hydrogen (secondary N) is 1. The van der Waals surface area contributed by atoms with Gasteiger partial charge in [-0.2, -0.15) is 0 Å². The maximum Gasteiger partial charge on any atom is 0.347 e. The Hall–Kier alpha value is -2.87. The summed E-state index contributed by atoms with van der Waals surface area (Å²) in [5.41, 5.74) is 2.07. The number of amides is 1. The summed E-state index contributed by atoms with van der Waals surface area (Å²) in [5.74, 6) is -1.67. The zero-order valence-electron chi connectivity index (χ0n) is 18.0. The zero-order valence-corrected chi connectivity index (χ0v) is 18.8. The number of hydrogen-bond donors (Lipinski definition) is 3. The Labute approximate surface area is 192 Å². The lowest BCUT2D eigenvalue weighted by molar-refractivity contribution is -0.139. The van der Waals surface area contributed by atoms with E-state index in [-0.39, 0.29) is 30.5 Å². The van der Waals surface area contributed by atoms with Gasteiger partial charge in [-0.05, 0) is 55.7 Å². The molecule has 7 nitrogen and oxygen atoms in total. The lowest BCUT2D eigenvalue weighted by Crippen LogP contribution is -2.32. The molecule has 8 heteroatoms. The number of benzene rings is 2. The lowest BCUT2D eigenvalue weighted by atomic mass is 10.1. The first-order chi connectivity index (χ1) is 15.3. The molecule has 0 fully saturated rings. The molecule has 3 N–H and O–H groups in total. The maximum atomic E-state index is 12.5. The minimum atomic E-state index is -0.811. The minimum absolute atomic E-state index is 0.0638. The molecule has 1 aliphatic heterocycles. The normalized spacial score (nSPS) is 15.8. The van der Waals surface area contributed by atoms with E-state index in [4.69, 9.17) is 16.3 Å². The zero-order chi connectivity index (χ0) is 23.3. The SMILES string of the molecule is CCOC(=O)C1=C(O)CN(c2ccc(CC(C)NCC(O)c3cccc(Cl)c3)cc2)C1=O. The van der Waals surface area contributed by atoms with Crippen LogP contribution in [0.1, 0.15) is 31.1 Å². The number of hydrogen-bond acceptors (Lipinski definition) is 6. The molecule has 2 aromatic rings. The molecule has 1 heterocycles. The molecule has 1 amide bonds. The Kier molecular flexibility index (Phi) is 7.90. The molecule has 170 valence electrons. The summed E-state index contributed by atoms with van der Waals surface area (Å²) in [6.45, 7) is 4.12.